The minimum Gasteiger partial charge on any atom is -0.489 e. The molecule has 0 amide bonds. The number of ketones is 1. The van der Waals surface area contributed by atoms with Crippen LogP contribution in [0.1, 0.15) is 35.0 Å². The SMILES string of the molecule is C=CCOc1cccc(Cl)c1Cc1cn(C)nc1C(=O)CC(=O)OCC. The number of carbonyl (C=O) groups is 2. The summed E-state index contributed by atoms with van der Waals surface area (Å²) in [5, 5.41) is 4.73. The highest BCUT2D eigenvalue weighted by Crippen LogP contribution is 2.30. The average Bonchev–Trinajstić information content (AvgIpc) is 2.96. The Kier molecular flexibility index (Phi) is 6.97. The molecule has 0 aliphatic carbocycles. The van der Waals surface area contributed by atoms with Gasteiger partial charge in [-0.1, -0.05) is 30.3 Å². The lowest BCUT2D eigenvalue weighted by Crippen LogP contribution is -2.13. The first-order valence-corrected chi connectivity index (χ1v) is 8.56. The third-order valence-electron chi connectivity index (χ3n) is 3.58. The van der Waals surface area contributed by atoms with E-state index in [2.05, 4.69) is 11.7 Å². The fraction of sp³-hybridized carbons (Fsp3) is 0.316. The number of nitrogens with zero attached hydrogens (tertiary/aromatic N) is 2. The second-order valence-corrected chi connectivity index (χ2v) is 5.98. The number of Topliss-reactive ketones (excluding diaryl/α,β-unsaturated/α-hetero) is 1. The van der Waals surface area contributed by atoms with Crippen molar-refractivity contribution in [2.75, 3.05) is 13.2 Å². The smallest absolute Gasteiger partial charge is 0.313 e. The van der Waals surface area contributed by atoms with E-state index >= 15 is 0 Å². The highest BCUT2D eigenvalue weighted by atomic mass is 35.5. The largest absolute Gasteiger partial charge is 0.489 e. The molecule has 0 saturated heterocycles. The molecule has 0 bridgehead atoms. The summed E-state index contributed by atoms with van der Waals surface area (Å²) in [6, 6.07) is 5.36. The number of benzene rings is 1. The van der Waals surface area contributed by atoms with E-state index in [1.165, 1.54) is 4.68 Å². The van der Waals surface area contributed by atoms with Crippen molar-refractivity contribution in [3.05, 3.63) is 58.9 Å². The molecule has 0 radical (unpaired) electrons. The number of carbonyl (C=O) groups excluding carboxylic acids is 2. The summed E-state index contributed by atoms with van der Waals surface area (Å²) in [6.45, 7) is 5.90. The summed E-state index contributed by atoms with van der Waals surface area (Å²) >= 11 is 6.33. The molecule has 0 saturated carbocycles. The van der Waals surface area contributed by atoms with Crippen LogP contribution in [0.5, 0.6) is 5.75 Å². The second kappa shape index (κ2) is 9.20. The molecule has 1 aromatic carbocycles. The maximum atomic E-state index is 12.4. The lowest BCUT2D eigenvalue weighted by molar-refractivity contribution is -0.141. The minimum atomic E-state index is -0.568. The van der Waals surface area contributed by atoms with Gasteiger partial charge in [0.05, 0.1) is 6.61 Å². The Bertz CT molecular complexity index is 814. The van der Waals surface area contributed by atoms with Gasteiger partial charge in [-0.2, -0.15) is 5.10 Å². The molecule has 0 aliphatic heterocycles. The van der Waals surface area contributed by atoms with E-state index in [4.69, 9.17) is 21.1 Å². The first-order chi connectivity index (χ1) is 12.5. The van der Waals surface area contributed by atoms with Crippen LogP contribution < -0.4 is 4.74 Å². The van der Waals surface area contributed by atoms with Crippen molar-refractivity contribution in [3.8, 4) is 5.75 Å². The molecule has 6 nitrogen and oxygen atoms in total. The maximum Gasteiger partial charge on any atom is 0.313 e. The average molecular weight is 377 g/mol. The fourth-order valence-electron chi connectivity index (χ4n) is 2.51. The van der Waals surface area contributed by atoms with E-state index in [0.717, 1.165) is 5.56 Å². The summed E-state index contributed by atoms with van der Waals surface area (Å²) in [6.07, 6.45) is 3.38. The summed E-state index contributed by atoms with van der Waals surface area (Å²) in [5.74, 6) is -0.341. The molecule has 1 heterocycles. The molecule has 0 fully saturated rings. The Balaban J connectivity index is 2.30. The molecule has 2 rings (SSSR count). The first kappa shape index (κ1) is 19.7. The van der Waals surface area contributed by atoms with Gasteiger partial charge in [0.25, 0.3) is 0 Å². The zero-order chi connectivity index (χ0) is 19.1. The Morgan fingerprint density at radius 2 is 2.15 bits per heavy atom. The summed E-state index contributed by atoms with van der Waals surface area (Å²) in [4.78, 5) is 24.0. The number of halogens is 1. The Labute approximate surface area is 157 Å². The van der Waals surface area contributed by atoms with E-state index in [1.807, 2.05) is 0 Å². The number of esters is 1. The van der Waals surface area contributed by atoms with Crippen LogP contribution in [-0.2, 0) is 23.0 Å². The summed E-state index contributed by atoms with van der Waals surface area (Å²) in [5.41, 5.74) is 1.64. The van der Waals surface area contributed by atoms with E-state index in [0.29, 0.717) is 29.4 Å². The van der Waals surface area contributed by atoms with Gasteiger partial charge in [-0.05, 0) is 19.1 Å². The molecule has 0 unspecified atom stereocenters. The van der Waals surface area contributed by atoms with Crippen LogP contribution in [0.4, 0.5) is 0 Å². The zero-order valence-corrected chi connectivity index (χ0v) is 15.6. The maximum absolute atomic E-state index is 12.4. The highest BCUT2D eigenvalue weighted by Gasteiger charge is 2.21. The molecule has 7 heteroatoms. The van der Waals surface area contributed by atoms with Crippen molar-refractivity contribution >= 4 is 23.4 Å². The third kappa shape index (κ3) is 4.95. The van der Waals surface area contributed by atoms with Crippen molar-refractivity contribution in [3.63, 3.8) is 0 Å². The van der Waals surface area contributed by atoms with E-state index in [1.54, 1.807) is 44.4 Å². The standard InChI is InChI=1S/C19H21ClN2O4/c1-4-9-26-17-8-6-7-15(20)14(17)10-13-12-22(3)21-19(13)16(23)11-18(24)25-5-2/h4,6-8,12H,1,5,9-11H2,2-3H3. The van der Waals surface area contributed by atoms with Crippen molar-refractivity contribution in [1.82, 2.24) is 9.78 Å². The van der Waals surface area contributed by atoms with Crippen LogP contribution in [0.2, 0.25) is 5.02 Å². The molecule has 0 spiro atoms. The lowest BCUT2D eigenvalue weighted by atomic mass is 10.0. The fourth-order valence-corrected chi connectivity index (χ4v) is 2.75. The van der Waals surface area contributed by atoms with Gasteiger partial charge in [0, 0.05) is 35.8 Å². The van der Waals surface area contributed by atoms with Gasteiger partial charge in [-0.15, -0.1) is 0 Å². The van der Waals surface area contributed by atoms with E-state index < -0.39 is 5.97 Å². The van der Waals surface area contributed by atoms with E-state index in [9.17, 15) is 9.59 Å². The number of hydrogen-bond acceptors (Lipinski definition) is 5. The number of hydrogen-bond donors (Lipinski definition) is 0. The normalized spacial score (nSPS) is 10.4. The van der Waals surface area contributed by atoms with Gasteiger partial charge in [0.15, 0.2) is 5.78 Å². The Hall–Kier alpha value is -2.60. The third-order valence-corrected chi connectivity index (χ3v) is 3.93. The number of aryl methyl sites for hydroxylation is 1. The summed E-state index contributed by atoms with van der Waals surface area (Å²) in [7, 11) is 1.71. The molecule has 2 aromatic rings. The van der Waals surface area contributed by atoms with Crippen molar-refractivity contribution in [2.45, 2.75) is 19.8 Å². The van der Waals surface area contributed by atoms with Gasteiger partial charge < -0.3 is 9.47 Å². The number of ether oxygens (including phenoxy) is 2. The quantitative estimate of drug-likeness (QED) is 0.290. The predicted molar refractivity (Wildman–Crippen MR) is 98.7 cm³/mol. The van der Waals surface area contributed by atoms with Gasteiger partial charge in [0.1, 0.15) is 24.5 Å². The monoisotopic (exact) mass is 376 g/mol. The molecule has 1 aromatic heterocycles. The van der Waals surface area contributed by atoms with Gasteiger partial charge in [-0.25, -0.2) is 0 Å². The van der Waals surface area contributed by atoms with E-state index in [-0.39, 0.29) is 24.5 Å². The molecular formula is C19H21ClN2O4. The Morgan fingerprint density at radius 3 is 2.85 bits per heavy atom. The molecular weight excluding hydrogens is 356 g/mol. The van der Waals surface area contributed by atoms with Crippen LogP contribution in [0, 0.1) is 0 Å². The molecule has 0 aliphatic rings. The first-order valence-electron chi connectivity index (χ1n) is 8.18. The Morgan fingerprint density at radius 1 is 1.38 bits per heavy atom. The highest BCUT2D eigenvalue weighted by molar-refractivity contribution is 6.31. The predicted octanol–water partition coefficient (Wildman–Crippen LogP) is 3.37. The molecule has 26 heavy (non-hydrogen) atoms. The van der Waals surface area contributed by atoms with Crippen LogP contribution >= 0.6 is 11.6 Å². The number of rotatable bonds is 9. The van der Waals surface area contributed by atoms with Crippen molar-refractivity contribution in [2.24, 2.45) is 7.05 Å². The van der Waals surface area contributed by atoms with Crippen LogP contribution in [0.25, 0.3) is 0 Å². The van der Waals surface area contributed by atoms with Gasteiger partial charge >= 0.3 is 5.97 Å². The van der Waals surface area contributed by atoms with Crippen LogP contribution in [0.3, 0.4) is 0 Å². The summed E-state index contributed by atoms with van der Waals surface area (Å²) < 4.78 is 12.0. The molecule has 0 atom stereocenters. The van der Waals surface area contributed by atoms with Crippen molar-refractivity contribution in [1.29, 1.82) is 0 Å². The molecule has 0 N–H and O–H groups in total. The minimum absolute atomic E-state index is 0.227. The number of aromatic nitrogens is 2. The second-order valence-electron chi connectivity index (χ2n) is 5.57. The van der Waals surface area contributed by atoms with Crippen molar-refractivity contribution < 1.29 is 19.1 Å². The lowest BCUT2D eigenvalue weighted by Gasteiger charge is -2.12. The van der Waals surface area contributed by atoms with Crippen LogP contribution in [-0.4, -0.2) is 34.7 Å². The zero-order valence-electron chi connectivity index (χ0n) is 14.8. The topological polar surface area (TPSA) is 70.4 Å². The molecule has 138 valence electrons. The van der Waals surface area contributed by atoms with Gasteiger partial charge in [0.2, 0.25) is 0 Å². The van der Waals surface area contributed by atoms with Gasteiger partial charge in [-0.3, -0.25) is 14.3 Å². The van der Waals surface area contributed by atoms with Crippen LogP contribution in [0.15, 0.2) is 37.1 Å².